The molecule has 0 aliphatic rings. The highest BCUT2D eigenvalue weighted by atomic mass is 16.3. The Kier molecular flexibility index (Phi) is 6.38. The molecule has 0 saturated heterocycles. The summed E-state index contributed by atoms with van der Waals surface area (Å²) in [6.07, 6.45) is 0.487. The van der Waals surface area contributed by atoms with Crippen molar-refractivity contribution in [1.29, 1.82) is 0 Å². The second kappa shape index (κ2) is 6.41. The average molecular weight is 202 g/mol. The quantitative estimate of drug-likeness (QED) is 0.694. The highest BCUT2D eigenvalue weighted by Crippen LogP contribution is 2.31. The molecular formula is C12H26O2. The minimum atomic E-state index is -0.283. The van der Waals surface area contributed by atoms with Crippen LogP contribution in [0.5, 0.6) is 0 Å². The summed E-state index contributed by atoms with van der Waals surface area (Å²) in [7, 11) is 0. The van der Waals surface area contributed by atoms with Gasteiger partial charge in [-0.15, -0.1) is 0 Å². The molecule has 0 bridgehead atoms. The van der Waals surface area contributed by atoms with Gasteiger partial charge in [0.1, 0.15) is 0 Å². The van der Waals surface area contributed by atoms with Gasteiger partial charge in [0.15, 0.2) is 0 Å². The second-order valence-electron chi connectivity index (χ2n) is 4.89. The molecule has 3 unspecified atom stereocenters. The number of rotatable bonds is 6. The smallest absolute Gasteiger partial charge is 0.0571 e. The topological polar surface area (TPSA) is 40.5 Å². The Balaban J connectivity index is 4.60. The molecule has 0 radical (unpaired) electrons. The zero-order valence-corrected chi connectivity index (χ0v) is 10.2. The van der Waals surface area contributed by atoms with E-state index in [1.54, 1.807) is 0 Å². The zero-order valence-electron chi connectivity index (χ0n) is 10.2. The molecule has 0 aromatic rings. The minimum absolute atomic E-state index is 0.178. The molecule has 0 fully saturated rings. The Morgan fingerprint density at radius 2 is 1.50 bits per heavy atom. The van der Waals surface area contributed by atoms with Crippen LogP contribution < -0.4 is 0 Å². The van der Waals surface area contributed by atoms with E-state index in [1.807, 2.05) is 6.92 Å². The lowest BCUT2D eigenvalue weighted by Gasteiger charge is -2.35. The predicted octanol–water partition coefficient (Wildman–Crippen LogP) is 2.29. The molecule has 0 heterocycles. The summed E-state index contributed by atoms with van der Waals surface area (Å²) in [5.74, 6) is 1.27. The van der Waals surface area contributed by atoms with Crippen LogP contribution in [-0.4, -0.2) is 22.9 Å². The monoisotopic (exact) mass is 202 g/mol. The summed E-state index contributed by atoms with van der Waals surface area (Å²) < 4.78 is 0. The lowest BCUT2D eigenvalue weighted by Crippen LogP contribution is -2.36. The Labute approximate surface area is 88.3 Å². The van der Waals surface area contributed by atoms with E-state index in [9.17, 15) is 10.2 Å². The molecule has 0 aromatic carbocycles. The van der Waals surface area contributed by atoms with Gasteiger partial charge in [0, 0.05) is 6.61 Å². The van der Waals surface area contributed by atoms with E-state index >= 15 is 0 Å². The number of hydrogen-bond acceptors (Lipinski definition) is 2. The first kappa shape index (κ1) is 13.9. The number of aliphatic hydroxyl groups is 2. The summed E-state index contributed by atoms with van der Waals surface area (Å²) in [5.41, 5.74) is 0. The van der Waals surface area contributed by atoms with Crippen molar-refractivity contribution < 1.29 is 10.2 Å². The Hall–Kier alpha value is -0.0800. The summed E-state index contributed by atoms with van der Waals surface area (Å²) >= 11 is 0. The van der Waals surface area contributed by atoms with E-state index in [0.29, 0.717) is 11.8 Å². The lowest BCUT2D eigenvalue weighted by atomic mass is 9.74. The molecule has 0 aliphatic heterocycles. The number of hydrogen-bond donors (Lipinski definition) is 2. The van der Waals surface area contributed by atoms with E-state index in [4.69, 9.17) is 0 Å². The van der Waals surface area contributed by atoms with Crippen LogP contribution in [0.15, 0.2) is 0 Å². The summed E-state index contributed by atoms with van der Waals surface area (Å²) in [4.78, 5) is 0. The first-order valence-corrected chi connectivity index (χ1v) is 5.74. The summed E-state index contributed by atoms with van der Waals surface area (Å²) in [6.45, 7) is 10.6. The fourth-order valence-corrected chi connectivity index (χ4v) is 2.27. The van der Waals surface area contributed by atoms with Crippen molar-refractivity contribution in [3.8, 4) is 0 Å². The minimum Gasteiger partial charge on any atom is -0.396 e. The van der Waals surface area contributed by atoms with Gasteiger partial charge in [-0.25, -0.2) is 0 Å². The van der Waals surface area contributed by atoms with Crippen LogP contribution in [-0.2, 0) is 0 Å². The predicted molar refractivity (Wildman–Crippen MR) is 60.0 cm³/mol. The van der Waals surface area contributed by atoms with Crippen LogP contribution in [0.4, 0.5) is 0 Å². The zero-order chi connectivity index (χ0) is 11.3. The van der Waals surface area contributed by atoms with Crippen molar-refractivity contribution in [2.75, 3.05) is 6.61 Å². The fraction of sp³-hybridized carbons (Fsp3) is 1.00. The Bertz CT molecular complexity index is 143. The van der Waals surface area contributed by atoms with Gasteiger partial charge in [-0.1, -0.05) is 34.6 Å². The van der Waals surface area contributed by atoms with Crippen LogP contribution in [0.2, 0.25) is 0 Å². The second-order valence-corrected chi connectivity index (χ2v) is 4.89. The van der Waals surface area contributed by atoms with Gasteiger partial charge in [0.25, 0.3) is 0 Å². The van der Waals surface area contributed by atoms with E-state index in [1.165, 1.54) is 0 Å². The van der Waals surface area contributed by atoms with E-state index in [2.05, 4.69) is 27.7 Å². The van der Waals surface area contributed by atoms with Gasteiger partial charge in [0.05, 0.1) is 6.10 Å². The fourth-order valence-electron chi connectivity index (χ4n) is 2.27. The number of aliphatic hydroxyl groups excluding tert-OH is 2. The van der Waals surface area contributed by atoms with Gasteiger partial charge in [-0.05, 0) is 30.1 Å². The molecule has 2 N–H and O–H groups in total. The molecule has 0 aliphatic carbocycles. The third-order valence-corrected chi connectivity index (χ3v) is 3.19. The van der Waals surface area contributed by atoms with Gasteiger partial charge >= 0.3 is 0 Å². The van der Waals surface area contributed by atoms with Crippen LogP contribution in [0.25, 0.3) is 0 Å². The largest absolute Gasteiger partial charge is 0.396 e. The molecule has 86 valence electrons. The van der Waals surface area contributed by atoms with E-state index in [-0.39, 0.29) is 24.5 Å². The van der Waals surface area contributed by atoms with Gasteiger partial charge in [-0.2, -0.15) is 0 Å². The van der Waals surface area contributed by atoms with Crippen LogP contribution >= 0.6 is 0 Å². The average Bonchev–Trinajstić information content (AvgIpc) is 2.11. The molecular weight excluding hydrogens is 176 g/mol. The third kappa shape index (κ3) is 3.58. The van der Waals surface area contributed by atoms with Crippen LogP contribution in [0, 0.1) is 23.7 Å². The van der Waals surface area contributed by atoms with Crippen molar-refractivity contribution in [1.82, 2.24) is 0 Å². The van der Waals surface area contributed by atoms with Crippen molar-refractivity contribution >= 4 is 0 Å². The van der Waals surface area contributed by atoms with Crippen LogP contribution in [0.3, 0.4) is 0 Å². The van der Waals surface area contributed by atoms with E-state index < -0.39 is 0 Å². The molecule has 0 saturated carbocycles. The molecule has 0 rings (SSSR count). The maximum atomic E-state index is 9.93. The molecule has 0 amide bonds. The summed E-state index contributed by atoms with van der Waals surface area (Å²) in [6, 6.07) is 0. The van der Waals surface area contributed by atoms with Crippen molar-refractivity contribution in [2.24, 2.45) is 23.7 Å². The first-order chi connectivity index (χ1) is 6.45. The molecule has 14 heavy (non-hydrogen) atoms. The molecule has 2 nitrogen and oxygen atoms in total. The Morgan fingerprint density at radius 3 is 1.71 bits per heavy atom. The third-order valence-electron chi connectivity index (χ3n) is 3.19. The standard InChI is InChI=1S/C12H26O2/c1-6-11(14)12(9(4)5)10(7-13)8(2)3/h8-14H,6-7H2,1-5H3. The van der Waals surface area contributed by atoms with E-state index in [0.717, 1.165) is 6.42 Å². The van der Waals surface area contributed by atoms with Crippen molar-refractivity contribution in [2.45, 2.75) is 47.1 Å². The highest BCUT2D eigenvalue weighted by molar-refractivity contribution is 4.80. The highest BCUT2D eigenvalue weighted by Gasteiger charge is 2.31. The molecule has 2 heteroatoms. The maximum Gasteiger partial charge on any atom is 0.0571 e. The van der Waals surface area contributed by atoms with Gasteiger partial charge in [0.2, 0.25) is 0 Å². The maximum absolute atomic E-state index is 9.93. The van der Waals surface area contributed by atoms with Crippen LogP contribution in [0.1, 0.15) is 41.0 Å². The SMILES string of the molecule is CCC(O)C(C(C)C)C(CO)C(C)C. The Morgan fingerprint density at radius 1 is 1.00 bits per heavy atom. The van der Waals surface area contributed by atoms with Gasteiger partial charge in [-0.3, -0.25) is 0 Å². The van der Waals surface area contributed by atoms with Crippen molar-refractivity contribution in [3.63, 3.8) is 0 Å². The van der Waals surface area contributed by atoms with Crippen molar-refractivity contribution in [3.05, 3.63) is 0 Å². The normalized spacial score (nSPS) is 18.6. The van der Waals surface area contributed by atoms with Gasteiger partial charge < -0.3 is 10.2 Å². The molecule has 0 spiro atoms. The summed E-state index contributed by atoms with van der Waals surface area (Å²) in [5, 5.41) is 19.3. The first-order valence-electron chi connectivity index (χ1n) is 5.74. The molecule has 3 atom stereocenters. The lowest BCUT2D eigenvalue weighted by molar-refractivity contribution is 0.00227. The molecule has 0 aromatic heterocycles.